The average molecular weight is 231 g/mol. The van der Waals surface area contributed by atoms with Gasteiger partial charge in [-0.3, -0.25) is 0 Å². The van der Waals surface area contributed by atoms with Gasteiger partial charge in [0.25, 0.3) is 0 Å². The Labute approximate surface area is 99.8 Å². The number of hydrogen-bond acceptors (Lipinski definition) is 2. The van der Waals surface area contributed by atoms with Crippen molar-refractivity contribution < 1.29 is 8.81 Å². The van der Waals surface area contributed by atoms with Gasteiger partial charge in [-0.1, -0.05) is 18.2 Å². The van der Waals surface area contributed by atoms with Crippen molar-refractivity contribution in [2.45, 2.75) is 6.54 Å². The number of benzene rings is 1. The molecule has 0 aliphatic heterocycles. The zero-order valence-electron chi connectivity index (χ0n) is 9.45. The Hall–Kier alpha value is -1.87. The largest absolute Gasteiger partial charge is 0.460 e. The molecular weight excluding hydrogens is 217 g/mol. The van der Waals surface area contributed by atoms with Gasteiger partial charge < -0.3 is 9.73 Å². The molecular formula is C14H14FNO. The molecule has 88 valence electrons. The molecule has 2 rings (SSSR count). The smallest absolute Gasteiger partial charge is 0.137 e. The molecule has 1 N–H and O–H groups in total. The molecule has 0 saturated heterocycles. The molecule has 1 aromatic carbocycles. The van der Waals surface area contributed by atoms with Crippen LogP contribution in [0.1, 0.15) is 5.76 Å². The normalized spacial score (nSPS) is 10.4. The minimum atomic E-state index is -0.271. The Morgan fingerprint density at radius 3 is 2.82 bits per heavy atom. The van der Waals surface area contributed by atoms with Crippen LogP contribution in [-0.2, 0) is 6.54 Å². The zero-order valence-corrected chi connectivity index (χ0v) is 9.45. The Kier molecular flexibility index (Phi) is 3.73. The highest BCUT2D eigenvalue weighted by Crippen LogP contribution is 2.24. The Balaban J connectivity index is 2.13. The second-order valence-corrected chi connectivity index (χ2v) is 3.67. The van der Waals surface area contributed by atoms with Gasteiger partial charge >= 0.3 is 0 Å². The Morgan fingerprint density at radius 1 is 1.24 bits per heavy atom. The third kappa shape index (κ3) is 2.82. The van der Waals surface area contributed by atoms with E-state index in [1.807, 2.05) is 6.07 Å². The van der Waals surface area contributed by atoms with Crippen LogP contribution in [0.25, 0.3) is 11.3 Å². The van der Waals surface area contributed by atoms with E-state index in [2.05, 4.69) is 11.9 Å². The molecule has 0 aliphatic rings. The quantitative estimate of drug-likeness (QED) is 0.630. The van der Waals surface area contributed by atoms with Crippen LogP contribution in [0.5, 0.6) is 0 Å². The second kappa shape index (κ2) is 5.46. The molecule has 0 fully saturated rings. The van der Waals surface area contributed by atoms with Crippen LogP contribution in [0.4, 0.5) is 4.39 Å². The van der Waals surface area contributed by atoms with Gasteiger partial charge in [0, 0.05) is 6.54 Å². The van der Waals surface area contributed by atoms with Crippen molar-refractivity contribution in [2.24, 2.45) is 0 Å². The minimum absolute atomic E-state index is 0.271. The van der Waals surface area contributed by atoms with Gasteiger partial charge in [0.2, 0.25) is 0 Å². The number of hydrogen-bond donors (Lipinski definition) is 1. The molecule has 0 unspecified atom stereocenters. The van der Waals surface area contributed by atoms with Crippen LogP contribution in [-0.4, -0.2) is 6.54 Å². The fourth-order valence-corrected chi connectivity index (χ4v) is 1.58. The van der Waals surface area contributed by atoms with E-state index in [1.165, 1.54) is 6.07 Å². The maximum absolute atomic E-state index is 13.5. The number of furan rings is 1. The lowest BCUT2D eigenvalue weighted by molar-refractivity contribution is 0.498. The molecule has 0 bridgehead atoms. The second-order valence-electron chi connectivity index (χ2n) is 3.67. The predicted molar refractivity (Wildman–Crippen MR) is 66.0 cm³/mol. The lowest BCUT2D eigenvalue weighted by Gasteiger charge is -1.99. The van der Waals surface area contributed by atoms with Crippen LogP contribution in [0, 0.1) is 5.82 Å². The summed E-state index contributed by atoms with van der Waals surface area (Å²) < 4.78 is 19.1. The molecule has 0 aliphatic carbocycles. The molecule has 0 saturated carbocycles. The zero-order chi connectivity index (χ0) is 12.1. The molecule has 1 aromatic heterocycles. The third-order valence-corrected chi connectivity index (χ3v) is 2.39. The number of halogens is 1. The molecule has 2 aromatic rings. The first kappa shape index (κ1) is 11.6. The highest BCUT2D eigenvalue weighted by molar-refractivity contribution is 5.58. The van der Waals surface area contributed by atoms with Crippen molar-refractivity contribution in [1.29, 1.82) is 0 Å². The SMILES string of the molecule is C=CCNCc1ccc(-c2ccccc2F)o1. The highest BCUT2D eigenvalue weighted by Gasteiger charge is 2.08. The minimum Gasteiger partial charge on any atom is -0.460 e. The molecule has 2 nitrogen and oxygen atoms in total. The highest BCUT2D eigenvalue weighted by atomic mass is 19.1. The van der Waals surface area contributed by atoms with E-state index < -0.39 is 0 Å². The van der Waals surface area contributed by atoms with E-state index in [0.29, 0.717) is 17.9 Å². The fraction of sp³-hybridized carbons (Fsp3) is 0.143. The molecule has 17 heavy (non-hydrogen) atoms. The summed E-state index contributed by atoms with van der Waals surface area (Å²) in [4.78, 5) is 0. The summed E-state index contributed by atoms with van der Waals surface area (Å²) in [6.07, 6.45) is 1.78. The van der Waals surface area contributed by atoms with Crippen LogP contribution in [0.2, 0.25) is 0 Å². The predicted octanol–water partition coefficient (Wildman–Crippen LogP) is 3.36. The fourth-order valence-electron chi connectivity index (χ4n) is 1.58. The van der Waals surface area contributed by atoms with Crippen molar-refractivity contribution >= 4 is 0 Å². The van der Waals surface area contributed by atoms with E-state index in [4.69, 9.17) is 4.42 Å². The van der Waals surface area contributed by atoms with Gasteiger partial charge in [0.05, 0.1) is 12.1 Å². The molecule has 0 spiro atoms. The van der Waals surface area contributed by atoms with Crippen molar-refractivity contribution in [3.05, 3.63) is 60.6 Å². The average Bonchev–Trinajstić information content (AvgIpc) is 2.79. The maximum Gasteiger partial charge on any atom is 0.137 e. The standard InChI is InChI=1S/C14H14FNO/c1-2-9-16-10-11-7-8-14(17-11)12-5-3-4-6-13(12)15/h2-8,16H,1,9-10H2. The monoisotopic (exact) mass is 231 g/mol. The summed E-state index contributed by atoms with van der Waals surface area (Å²) in [6.45, 7) is 4.94. The van der Waals surface area contributed by atoms with Crippen LogP contribution < -0.4 is 5.32 Å². The van der Waals surface area contributed by atoms with E-state index in [0.717, 1.165) is 12.3 Å². The summed E-state index contributed by atoms with van der Waals surface area (Å²) in [5, 5.41) is 3.13. The molecule has 1 heterocycles. The summed E-state index contributed by atoms with van der Waals surface area (Å²) in [5.74, 6) is 1.07. The maximum atomic E-state index is 13.5. The lowest BCUT2D eigenvalue weighted by Crippen LogP contribution is -2.11. The van der Waals surface area contributed by atoms with E-state index in [9.17, 15) is 4.39 Å². The summed E-state index contributed by atoms with van der Waals surface area (Å²) in [6, 6.07) is 10.2. The van der Waals surface area contributed by atoms with E-state index in [1.54, 1.807) is 30.3 Å². The first-order chi connectivity index (χ1) is 8.31. The van der Waals surface area contributed by atoms with E-state index in [-0.39, 0.29) is 5.82 Å². The van der Waals surface area contributed by atoms with Gasteiger partial charge in [-0.25, -0.2) is 4.39 Å². The van der Waals surface area contributed by atoms with Gasteiger partial charge in [-0.15, -0.1) is 6.58 Å². The lowest BCUT2D eigenvalue weighted by atomic mass is 10.1. The van der Waals surface area contributed by atoms with Gasteiger partial charge in [-0.05, 0) is 24.3 Å². The van der Waals surface area contributed by atoms with Crippen molar-refractivity contribution in [1.82, 2.24) is 5.32 Å². The van der Waals surface area contributed by atoms with Crippen LogP contribution >= 0.6 is 0 Å². The van der Waals surface area contributed by atoms with Gasteiger partial charge in [0.15, 0.2) is 0 Å². The summed E-state index contributed by atoms with van der Waals surface area (Å²) >= 11 is 0. The summed E-state index contributed by atoms with van der Waals surface area (Å²) in [5.41, 5.74) is 0.488. The van der Waals surface area contributed by atoms with Gasteiger partial charge in [0.1, 0.15) is 17.3 Å². The van der Waals surface area contributed by atoms with E-state index >= 15 is 0 Å². The molecule has 3 heteroatoms. The van der Waals surface area contributed by atoms with Gasteiger partial charge in [-0.2, -0.15) is 0 Å². The first-order valence-electron chi connectivity index (χ1n) is 5.46. The topological polar surface area (TPSA) is 25.2 Å². The summed E-state index contributed by atoms with van der Waals surface area (Å²) in [7, 11) is 0. The molecule has 0 radical (unpaired) electrons. The van der Waals surface area contributed by atoms with Crippen molar-refractivity contribution in [2.75, 3.05) is 6.54 Å². The first-order valence-corrected chi connectivity index (χ1v) is 5.46. The molecule has 0 amide bonds. The third-order valence-electron chi connectivity index (χ3n) is 2.39. The van der Waals surface area contributed by atoms with Crippen LogP contribution in [0.3, 0.4) is 0 Å². The Morgan fingerprint density at radius 2 is 2.06 bits per heavy atom. The Bertz CT molecular complexity index is 504. The van der Waals surface area contributed by atoms with Crippen LogP contribution in [0.15, 0.2) is 53.5 Å². The van der Waals surface area contributed by atoms with Crippen molar-refractivity contribution in [3.63, 3.8) is 0 Å². The van der Waals surface area contributed by atoms with Crippen molar-refractivity contribution in [3.8, 4) is 11.3 Å². The number of rotatable bonds is 5. The molecule has 0 atom stereocenters. The number of nitrogens with one attached hydrogen (secondary N) is 1.